The number of piperidine rings is 1. The Morgan fingerprint density at radius 3 is 2.79 bits per heavy atom. The third kappa shape index (κ3) is 4.27. The first kappa shape index (κ1) is 21.4. The van der Waals surface area contributed by atoms with Crippen LogP contribution in [0.3, 0.4) is 0 Å². The Balaban J connectivity index is 1.30. The van der Waals surface area contributed by atoms with E-state index in [-0.39, 0.29) is 29.0 Å². The molecule has 5 rings (SSSR count). The topological polar surface area (TPSA) is 120 Å². The van der Waals surface area contributed by atoms with Gasteiger partial charge in [0.15, 0.2) is 5.69 Å². The predicted octanol–water partition coefficient (Wildman–Crippen LogP) is 3.99. The van der Waals surface area contributed by atoms with Crippen LogP contribution in [0.5, 0.6) is 0 Å². The maximum Gasteiger partial charge on any atom is 0.274 e. The van der Waals surface area contributed by atoms with Crippen molar-refractivity contribution in [3.8, 4) is 17.1 Å². The molecule has 10 nitrogen and oxygen atoms in total. The van der Waals surface area contributed by atoms with Crippen LogP contribution >= 0.6 is 0 Å². The van der Waals surface area contributed by atoms with Crippen molar-refractivity contribution in [2.75, 3.05) is 13.1 Å². The van der Waals surface area contributed by atoms with Crippen LogP contribution in [0.1, 0.15) is 35.1 Å². The van der Waals surface area contributed by atoms with Gasteiger partial charge in [-0.15, -0.1) is 0 Å². The van der Waals surface area contributed by atoms with Crippen molar-refractivity contribution in [3.63, 3.8) is 0 Å². The molecule has 0 saturated carbocycles. The lowest BCUT2D eigenvalue weighted by molar-refractivity contribution is -0.384. The number of amides is 1. The molecule has 0 unspecified atom stereocenters. The molecular weight excluding hydrogens is 443 g/mol. The van der Waals surface area contributed by atoms with Crippen molar-refractivity contribution in [2.45, 2.75) is 18.8 Å². The van der Waals surface area contributed by atoms with Gasteiger partial charge in [-0.25, -0.2) is 9.07 Å². The average Bonchev–Trinajstić information content (AvgIpc) is 3.55. The van der Waals surface area contributed by atoms with Gasteiger partial charge >= 0.3 is 0 Å². The SMILES string of the molecule is O=C(c1ccn(-c2cccc([N+](=O)[O-])c2)n1)N1CCC[C@@H](c2nc(-c3ccc(F)cc3)no2)C1. The van der Waals surface area contributed by atoms with E-state index in [0.29, 0.717) is 36.1 Å². The number of nitro groups is 1. The van der Waals surface area contributed by atoms with Gasteiger partial charge in [-0.2, -0.15) is 10.1 Å². The second-order valence-corrected chi connectivity index (χ2v) is 7.98. The third-order valence-electron chi connectivity index (χ3n) is 5.72. The van der Waals surface area contributed by atoms with Gasteiger partial charge in [0.05, 0.1) is 16.5 Å². The normalized spacial score (nSPS) is 15.9. The molecule has 1 aliphatic rings. The van der Waals surface area contributed by atoms with Crippen LogP contribution in [0.15, 0.2) is 65.3 Å². The monoisotopic (exact) mass is 462 g/mol. The number of nitro benzene ring substituents is 1. The van der Waals surface area contributed by atoms with Crippen molar-refractivity contribution in [1.82, 2.24) is 24.8 Å². The number of hydrogen-bond donors (Lipinski definition) is 0. The highest BCUT2D eigenvalue weighted by Gasteiger charge is 2.30. The number of aromatic nitrogens is 4. The summed E-state index contributed by atoms with van der Waals surface area (Å²) in [5.74, 6) is 0.0836. The van der Waals surface area contributed by atoms with Gasteiger partial charge in [0, 0.05) is 37.0 Å². The lowest BCUT2D eigenvalue weighted by atomic mass is 9.97. The largest absolute Gasteiger partial charge is 0.339 e. The number of hydrogen-bond acceptors (Lipinski definition) is 7. The molecule has 0 aliphatic carbocycles. The minimum atomic E-state index is -0.480. The summed E-state index contributed by atoms with van der Waals surface area (Å²) in [6, 6.07) is 13.5. The molecule has 4 aromatic rings. The fraction of sp³-hybridized carbons (Fsp3) is 0.217. The molecule has 0 bridgehead atoms. The lowest BCUT2D eigenvalue weighted by Crippen LogP contribution is -2.39. The molecule has 1 amide bonds. The number of benzene rings is 2. The summed E-state index contributed by atoms with van der Waals surface area (Å²) >= 11 is 0. The van der Waals surface area contributed by atoms with E-state index >= 15 is 0 Å². The number of carbonyl (C=O) groups is 1. The highest BCUT2D eigenvalue weighted by Crippen LogP contribution is 2.28. The lowest BCUT2D eigenvalue weighted by Gasteiger charge is -2.30. The smallest absolute Gasteiger partial charge is 0.274 e. The van der Waals surface area contributed by atoms with E-state index in [1.807, 2.05) is 0 Å². The van der Waals surface area contributed by atoms with Crippen molar-refractivity contribution >= 4 is 11.6 Å². The molecule has 0 spiro atoms. The van der Waals surface area contributed by atoms with E-state index in [0.717, 1.165) is 12.8 Å². The first-order valence-corrected chi connectivity index (χ1v) is 10.7. The van der Waals surface area contributed by atoms with Crippen LogP contribution in [0.2, 0.25) is 0 Å². The van der Waals surface area contributed by atoms with Crippen molar-refractivity contribution in [1.29, 1.82) is 0 Å². The summed E-state index contributed by atoms with van der Waals surface area (Å²) in [6.07, 6.45) is 3.15. The van der Waals surface area contributed by atoms with Gasteiger partial charge in [-0.05, 0) is 49.2 Å². The van der Waals surface area contributed by atoms with E-state index in [1.165, 1.54) is 28.9 Å². The predicted molar refractivity (Wildman–Crippen MR) is 118 cm³/mol. The van der Waals surface area contributed by atoms with Crippen LogP contribution in [0.4, 0.5) is 10.1 Å². The zero-order valence-corrected chi connectivity index (χ0v) is 17.9. The first-order valence-electron chi connectivity index (χ1n) is 10.7. The Morgan fingerprint density at radius 1 is 1.18 bits per heavy atom. The number of non-ortho nitro benzene ring substituents is 1. The molecule has 0 radical (unpaired) electrons. The highest BCUT2D eigenvalue weighted by molar-refractivity contribution is 5.92. The molecule has 2 aromatic carbocycles. The second kappa shape index (κ2) is 8.85. The maximum atomic E-state index is 13.2. The van der Waals surface area contributed by atoms with Gasteiger partial charge < -0.3 is 9.42 Å². The van der Waals surface area contributed by atoms with Gasteiger partial charge in [0.1, 0.15) is 5.82 Å². The third-order valence-corrected chi connectivity index (χ3v) is 5.72. The minimum Gasteiger partial charge on any atom is -0.339 e. The van der Waals surface area contributed by atoms with E-state index in [1.54, 1.807) is 41.4 Å². The van der Waals surface area contributed by atoms with Gasteiger partial charge in [0.2, 0.25) is 11.7 Å². The summed E-state index contributed by atoms with van der Waals surface area (Å²) in [5.41, 5.74) is 1.32. The van der Waals surface area contributed by atoms with E-state index < -0.39 is 4.92 Å². The van der Waals surface area contributed by atoms with E-state index in [9.17, 15) is 19.3 Å². The molecule has 3 heterocycles. The van der Waals surface area contributed by atoms with Crippen LogP contribution in [0.25, 0.3) is 17.1 Å². The Bertz CT molecular complexity index is 1350. The fourth-order valence-electron chi connectivity index (χ4n) is 3.97. The second-order valence-electron chi connectivity index (χ2n) is 7.98. The molecule has 0 N–H and O–H groups in total. The molecule has 34 heavy (non-hydrogen) atoms. The van der Waals surface area contributed by atoms with Crippen molar-refractivity contribution in [3.05, 3.63) is 88.3 Å². The van der Waals surface area contributed by atoms with Crippen LogP contribution in [0, 0.1) is 15.9 Å². The van der Waals surface area contributed by atoms with Crippen LogP contribution < -0.4 is 0 Å². The number of rotatable bonds is 5. The van der Waals surface area contributed by atoms with Gasteiger partial charge in [-0.1, -0.05) is 11.2 Å². The van der Waals surface area contributed by atoms with E-state index in [4.69, 9.17) is 4.52 Å². The number of likely N-dealkylation sites (tertiary alicyclic amines) is 1. The number of halogens is 1. The summed E-state index contributed by atoms with van der Waals surface area (Å²) in [4.78, 5) is 29.8. The number of nitrogens with zero attached hydrogens (tertiary/aromatic N) is 6. The summed E-state index contributed by atoms with van der Waals surface area (Å²) in [5, 5.41) is 19.4. The molecule has 2 aromatic heterocycles. The van der Waals surface area contributed by atoms with E-state index in [2.05, 4.69) is 15.2 Å². The fourth-order valence-corrected chi connectivity index (χ4v) is 3.97. The Kier molecular flexibility index (Phi) is 5.58. The summed E-state index contributed by atoms with van der Waals surface area (Å²) in [7, 11) is 0. The van der Waals surface area contributed by atoms with Gasteiger partial charge in [-0.3, -0.25) is 14.9 Å². The molecule has 172 valence electrons. The zero-order valence-electron chi connectivity index (χ0n) is 17.9. The minimum absolute atomic E-state index is 0.0562. The Hall–Kier alpha value is -4.41. The molecule has 1 atom stereocenters. The standard InChI is InChI=1S/C23H19FN6O4/c24-17-8-6-15(7-9-17)21-25-22(34-27-21)16-3-2-11-28(14-16)23(31)20-10-12-29(26-20)18-4-1-5-19(13-18)30(32)33/h1,4-10,12-13,16H,2-3,11,14H2/t16-/m1/s1. The van der Waals surface area contributed by atoms with Crippen LogP contribution in [-0.4, -0.2) is 48.7 Å². The molecule has 1 saturated heterocycles. The Morgan fingerprint density at radius 2 is 2.00 bits per heavy atom. The maximum absolute atomic E-state index is 13.2. The highest BCUT2D eigenvalue weighted by atomic mass is 19.1. The zero-order chi connectivity index (χ0) is 23.7. The quantitative estimate of drug-likeness (QED) is 0.325. The van der Waals surface area contributed by atoms with Gasteiger partial charge in [0.25, 0.3) is 11.6 Å². The summed E-state index contributed by atoms with van der Waals surface area (Å²) in [6.45, 7) is 0.964. The first-order chi connectivity index (χ1) is 16.5. The van der Waals surface area contributed by atoms with Crippen molar-refractivity contribution in [2.24, 2.45) is 0 Å². The Labute approximate surface area is 192 Å². The molecule has 11 heteroatoms. The average molecular weight is 462 g/mol. The summed E-state index contributed by atoms with van der Waals surface area (Å²) < 4.78 is 20.1. The molecule has 1 fully saturated rings. The molecular formula is C23H19FN6O4. The molecule has 1 aliphatic heterocycles. The number of carbonyl (C=O) groups excluding carboxylic acids is 1. The van der Waals surface area contributed by atoms with Crippen LogP contribution in [-0.2, 0) is 0 Å². The van der Waals surface area contributed by atoms with Crippen molar-refractivity contribution < 1.29 is 18.6 Å².